The van der Waals surface area contributed by atoms with Crippen LogP contribution in [0.15, 0.2) is 30.3 Å². The molecule has 1 amide bonds. The zero-order chi connectivity index (χ0) is 21.4. The fourth-order valence-corrected chi connectivity index (χ4v) is 4.50. The van der Waals surface area contributed by atoms with E-state index < -0.39 is 0 Å². The molecule has 0 spiro atoms. The summed E-state index contributed by atoms with van der Waals surface area (Å²) in [6.07, 6.45) is -0.196. The molecule has 1 fully saturated rings. The number of amides is 1. The quantitative estimate of drug-likeness (QED) is 0.802. The summed E-state index contributed by atoms with van der Waals surface area (Å²) < 4.78 is 11.7. The number of ether oxygens (including phenoxy) is 2. The molecule has 7 nitrogen and oxygen atoms in total. The van der Waals surface area contributed by atoms with Crippen molar-refractivity contribution in [1.29, 1.82) is 5.26 Å². The Balaban J connectivity index is 1.79. The monoisotopic (exact) mass is 414 g/mol. The molecular weight excluding hydrogens is 392 g/mol. The van der Waals surface area contributed by atoms with E-state index in [0.717, 1.165) is 0 Å². The molecule has 1 N–H and O–H groups in total. The highest BCUT2D eigenvalue weighted by Gasteiger charge is 2.64. The first kappa shape index (κ1) is 20.9. The van der Waals surface area contributed by atoms with Gasteiger partial charge in [0.05, 0.1) is 18.7 Å². The van der Waals surface area contributed by atoms with Gasteiger partial charge >= 0.3 is 0 Å². The summed E-state index contributed by atoms with van der Waals surface area (Å²) in [6.45, 7) is 8.16. The van der Waals surface area contributed by atoms with Crippen LogP contribution in [0.3, 0.4) is 0 Å². The van der Waals surface area contributed by atoms with Gasteiger partial charge in [-0.2, -0.15) is 5.26 Å². The van der Waals surface area contributed by atoms with Gasteiger partial charge in [0.2, 0.25) is 0 Å². The number of nitrogens with zero attached hydrogens (tertiary/aromatic N) is 3. The zero-order valence-corrected chi connectivity index (χ0v) is 17.7. The van der Waals surface area contributed by atoms with Crippen LogP contribution in [0.4, 0.5) is 0 Å². The molecule has 1 aromatic heterocycles. The van der Waals surface area contributed by atoms with E-state index in [1.54, 1.807) is 24.3 Å². The van der Waals surface area contributed by atoms with Crippen LogP contribution < -0.4 is 14.8 Å². The Bertz CT molecular complexity index is 951. The van der Waals surface area contributed by atoms with E-state index in [1.807, 2.05) is 27.7 Å². The smallest absolute Gasteiger partial charge is 0.272 e. The number of rotatable bonds is 5. The summed E-state index contributed by atoms with van der Waals surface area (Å²) in [4.78, 5) is 12.6. The second kappa shape index (κ2) is 7.53. The molecule has 8 heteroatoms. The van der Waals surface area contributed by atoms with Gasteiger partial charge in [-0.25, -0.2) is 0 Å². The van der Waals surface area contributed by atoms with Crippen LogP contribution in [0, 0.1) is 22.2 Å². The highest BCUT2D eigenvalue weighted by molar-refractivity contribution is 6.29. The highest BCUT2D eigenvalue weighted by atomic mass is 35.5. The fraction of sp³-hybridized carbons (Fsp3) is 0.429. The Labute approximate surface area is 175 Å². The van der Waals surface area contributed by atoms with Crippen LogP contribution >= 0.6 is 11.6 Å². The number of halogens is 1. The first-order valence-corrected chi connectivity index (χ1v) is 9.54. The Morgan fingerprint density at radius 3 is 2.38 bits per heavy atom. The maximum Gasteiger partial charge on any atom is 0.272 e. The number of nitrogens with one attached hydrogen (secondary N) is 1. The highest BCUT2D eigenvalue weighted by Crippen LogP contribution is 2.56. The van der Waals surface area contributed by atoms with Gasteiger partial charge in [0.15, 0.2) is 22.3 Å². The lowest BCUT2D eigenvalue weighted by atomic mass is 9.49. The molecule has 1 aliphatic carbocycles. The van der Waals surface area contributed by atoms with E-state index >= 15 is 0 Å². The first-order valence-electron chi connectivity index (χ1n) is 9.16. The molecule has 0 bridgehead atoms. The summed E-state index contributed by atoms with van der Waals surface area (Å²) in [5, 5.41) is 19.9. The van der Waals surface area contributed by atoms with Crippen molar-refractivity contribution in [2.75, 3.05) is 7.11 Å². The van der Waals surface area contributed by atoms with Gasteiger partial charge in [-0.3, -0.25) is 4.79 Å². The SMILES string of the molecule is COc1cc(C#N)ccc1OC1C(C)(C)C(NC(=O)c2ccc(Cl)nn2)C1(C)C. The van der Waals surface area contributed by atoms with Crippen LogP contribution in [-0.2, 0) is 0 Å². The van der Waals surface area contributed by atoms with Crippen molar-refractivity contribution in [3.8, 4) is 17.6 Å². The van der Waals surface area contributed by atoms with Gasteiger partial charge in [0.1, 0.15) is 6.10 Å². The Morgan fingerprint density at radius 2 is 1.83 bits per heavy atom. The van der Waals surface area contributed by atoms with Gasteiger partial charge in [0, 0.05) is 22.9 Å². The van der Waals surface area contributed by atoms with Crippen LogP contribution in [0.2, 0.25) is 5.15 Å². The number of hydrogen-bond donors (Lipinski definition) is 1. The van der Waals surface area contributed by atoms with Crippen LogP contribution in [0.25, 0.3) is 0 Å². The number of hydrogen-bond acceptors (Lipinski definition) is 6. The van der Waals surface area contributed by atoms with E-state index in [9.17, 15) is 4.79 Å². The largest absolute Gasteiger partial charge is 0.493 e. The molecule has 29 heavy (non-hydrogen) atoms. The lowest BCUT2D eigenvalue weighted by Crippen LogP contribution is -2.74. The minimum absolute atomic E-state index is 0.158. The van der Waals surface area contributed by atoms with Crippen LogP contribution in [0.5, 0.6) is 11.5 Å². The van der Waals surface area contributed by atoms with Crippen molar-refractivity contribution in [3.63, 3.8) is 0 Å². The van der Waals surface area contributed by atoms with E-state index in [-0.39, 0.29) is 39.7 Å². The topological polar surface area (TPSA) is 97.1 Å². The van der Waals surface area contributed by atoms with E-state index in [0.29, 0.717) is 17.1 Å². The molecular formula is C21H23ClN4O3. The normalized spacial score (nSPS) is 21.4. The van der Waals surface area contributed by atoms with Gasteiger partial charge < -0.3 is 14.8 Å². The van der Waals surface area contributed by atoms with Crippen LogP contribution in [-0.4, -0.2) is 35.4 Å². The number of carbonyl (C=O) groups is 1. The van der Waals surface area contributed by atoms with Gasteiger partial charge in [0.25, 0.3) is 5.91 Å². The number of methoxy groups -OCH3 is 1. The van der Waals surface area contributed by atoms with Crippen molar-refractivity contribution >= 4 is 17.5 Å². The summed E-state index contributed by atoms with van der Waals surface area (Å²) in [6, 6.07) is 10.1. The third kappa shape index (κ3) is 3.73. The summed E-state index contributed by atoms with van der Waals surface area (Å²) >= 11 is 5.74. The summed E-state index contributed by atoms with van der Waals surface area (Å²) in [7, 11) is 1.54. The van der Waals surface area contributed by atoms with Gasteiger partial charge in [-0.1, -0.05) is 39.3 Å². The molecule has 3 rings (SSSR count). The minimum Gasteiger partial charge on any atom is -0.493 e. The predicted octanol–water partition coefficient (Wildman–Crippen LogP) is 3.62. The van der Waals surface area contributed by atoms with Crippen molar-refractivity contribution in [2.45, 2.75) is 39.8 Å². The maximum atomic E-state index is 12.6. The average molecular weight is 415 g/mol. The van der Waals surface area contributed by atoms with Gasteiger partial charge in [-0.15, -0.1) is 10.2 Å². The predicted molar refractivity (Wildman–Crippen MR) is 108 cm³/mol. The maximum absolute atomic E-state index is 12.6. The minimum atomic E-state index is -0.363. The molecule has 0 unspecified atom stereocenters. The van der Waals surface area contributed by atoms with Gasteiger partial charge in [-0.05, 0) is 24.3 Å². The molecule has 2 aromatic rings. The zero-order valence-electron chi connectivity index (χ0n) is 17.0. The fourth-order valence-electron chi connectivity index (χ4n) is 4.40. The third-order valence-corrected chi connectivity index (χ3v) is 5.72. The molecule has 1 saturated carbocycles. The number of benzene rings is 1. The van der Waals surface area contributed by atoms with E-state index in [4.69, 9.17) is 26.3 Å². The Kier molecular flexibility index (Phi) is 5.42. The molecule has 0 saturated heterocycles. The summed E-state index contributed by atoms with van der Waals surface area (Å²) in [5.74, 6) is 0.750. The number of aromatic nitrogens is 2. The number of carbonyl (C=O) groups excluding carboxylic acids is 1. The van der Waals surface area contributed by atoms with Crippen LogP contribution in [0.1, 0.15) is 43.7 Å². The van der Waals surface area contributed by atoms with E-state index in [1.165, 1.54) is 13.2 Å². The first-order chi connectivity index (χ1) is 13.6. The average Bonchev–Trinajstić information content (AvgIpc) is 2.69. The van der Waals surface area contributed by atoms with E-state index in [2.05, 4.69) is 21.6 Å². The Hall–Kier alpha value is -2.85. The number of nitriles is 1. The third-order valence-electron chi connectivity index (χ3n) is 5.52. The Morgan fingerprint density at radius 1 is 1.14 bits per heavy atom. The van der Waals surface area contributed by atoms with Crippen molar-refractivity contribution in [3.05, 3.63) is 46.7 Å². The summed E-state index contributed by atoms with van der Waals surface area (Å²) in [5.41, 5.74) is -0.0229. The molecule has 1 aromatic carbocycles. The second-order valence-corrected chi connectivity index (χ2v) is 8.65. The van der Waals surface area contributed by atoms with Crippen molar-refractivity contribution < 1.29 is 14.3 Å². The molecule has 152 valence electrons. The lowest BCUT2D eigenvalue weighted by Gasteiger charge is -2.63. The van der Waals surface area contributed by atoms with Crippen molar-refractivity contribution in [2.24, 2.45) is 10.8 Å². The molecule has 0 aliphatic heterocycles. The molecule has 0 radical (unpaired) electrons. The molecule has 1 aliphatic rings. The molecule has 1 heterocycles. The molecule has 0 atom stereocenters. The second-order valence-electron chi connectivity index (χ2n) is 8.27. The lowest BCUT2D eigenvalue weighted by molar-refractivity contribution is -0.164. The van der Waals surface area contributed by atoms with Crippen molar-refractivity contribution in [1.82, 2.24) is 15.5 Å². The standard InChI is InChI=1S/C21H23ClN4O3/c1-20(2)18(24-17(27)13-7-9-16(22)26-25-13)21(3,4)19(20)29-14-8-6-12(11-23)10-15(14)28-5/h6-10,18-19H,1-5H3,(H,24,27).